The molecule has 1 saturated carbocycles. The molecule has 0 aliphatic heterocycles. The summed E-state index contributed by atoms with van der Waals surface area (Å²) >= 11 is 5.87. The largest absolute Gasteiger partial charge is 0.391 e. The quantitative estimate of drug-likeness (QED) is 0.791. The third-order valence-corrected chi connectivity index (χ3v) is 3.92. The van der Waals surface area contributed by atoms with Gasteiger partial charge in [-0.2, -0.15) is 13.2 Å². The molecule has 0 saturated heterocycles. The number of benzene rings is 1. The number of hydrogen-bond acceptors (Lipinski definition) is 1. The van der Waals surface area contributed by atoms with Crippen molar-refractivity contribution < 1.29 is 13.2 Å². The molecule has 2 unspecified atom stereocenters. The monoisotopic (exact) mass is 291 g/mol. The fourth-order valence-electron chi connectivity index (χ4n) is 2.63. The lowest BCUT2D eigenvalue weighted by Gasteiger charge is -2.32. The molecule has 0 spiro atoms. The number of hydrogen-bond donors (Lipinski definition) is 1. The van der Waals surface area contributed by atoms with Crippen molar-refractivity contribution in [2.24, 2.45) is 5.92 Å². The number of rotatable bonds is 2. The van der Waals surface area contributed by atoms with Crippen molar-refractivity contribution in [2.75, 3.05) is 5.32 Å². The third-order valence-electron chi connectivity index (χ3n) is 3.69. The Hall–Kier alpha value is -0.900. The SMILES string of the molecule is Cc1cc(Cl)ccc1NC1CCCC(C(F)(F)F)C1. The Bertz CT molecular complexity index is 445. The van der Waals surface area contributed by atoms with Gasteiger partial charge in [0.25, 0.3) is 0 Å². The highest BCUT2D eigenvalue weighted by molar-refractivity contribution is 6.30. The minimum Gasteiger partial charge on any atom is -0.382 e. The lowest BCUT2D eigenvalue weighted by molar-refractivity contribution is -0.182. The van der Waals surface area contributed by atoms with Crippen LogP contribution in [0.5, 0.6) is 0 Å². The average Bonchev–Trinajstić information content (AvgIpc) is 2.32. The molecule has 1 nitrogen and oxygen atoms in total. The van der Waals surface area contributed by atoms with E-state index in [1.165, 1.54) is 0 Å². The number of aryl methyl sites for hydroxylation is 1. The van der Waals surface area contributed by atoms with E-state index >= 15 is 0 Å². The first-order valence-electron chi connectivity index (χ1n) is 6.45. The predicted octanol–water partition coefficient (Wildman–Crippen LogP) is 5.18. The van der Waals surface area contributed by atoms with Crippen molar-refractivity contribution in [3.63, 3.8) is 0 Å². The molecule has 1 aliphatic rings. The van der Waals surface area contributed by atoms with Crippen molar-refractivity contribution in [2.45, 2.75) is 44.8 Å². The van der Waals surface area contributed by atoms with Crippen LogP contribution in [0.25, 0.3) is 0 Å². The van der Waals surface area contributed by atoms with Gasteiger partial charge in [-0.25, -0.2) is 0 Å². The van der Waals surface area contributed by atoms with Crippen molar-refractivity contribution in [3.8, 4) is 0 Å². The van der Waals surface area contributed by atoms with E-state index in [1.54, 1.807) is 6.07 Å². The van der Waals surface area contributed by atoms with Crippen LogP contribution >= 0.6 is 11.6 Å². The molecule has 1 N–H and O–H groups in total. The Morgan fingerprint density at radius 1 is 1.26 bits per heavy atom. The van der Waals surface area contributed by atoms with E-state index in [0.29, 0.717) is 11.4 Å². The fraction of sp³-hybridized carbons (Fsp3) is 0.571. The minimum absolute atomic E-state index is 0.111. The van der Waals surface area contributed by atoms with Crippen LogP contribution in [0, 0.1) is 12.8 Å². The van der Waals surface area contributed by atoms with Gasteiger partial charge in [0.15, 0.2) is 0 Å². The van der Waals surface area contributed by atoms with Crippen molar-refractivity contribution >= 4 is 17.3 Å². The number of anilines is 1. The Kier molecular flexibility index (Phi) is 4.29. The van der Waals surface area contributed by atoms with Gasteiger partial charge in [-0.05, 0) is 49.9 Å². The van der Waals surface area contributed by atoms with Crippen LogP contribution in [-0.4, -0.2) is 12.2 Å². The summed E-state index contributed by atoms with van der Waals surface area (Å²) in [5, 5.41) is 3.86. The van der Waals surface area contributed by atoms with Crippen LogP contribution in [0.2, 0.25) is 5.02 Å². The molecule has 0 heterocycles. The molecule has 0 bridgehead atoms. The summed E-state index contributed by atoms with van der Waals surface area (Å²) in [6.45, 7) is 1.90. The van der Waals surface area contributed by atoms with E-state index in [2.05, 4.69) is 5.32 Å². The van der Waals surface area contributed by atoms with Gasteiger partial charge in [-0.15, -0.1) is 0 Å². The van der Waals surface area contributed by atoms with Crippen molar-refractivity contribution in [3.05, 3.63) is 28.8 Å². The Balaban J connectivity index is 2.03. The molecular weight excluding hydrogens is 275 g/mol. The van der Waals surface area contributed by atoms with Crippen LogP contribution in [0.1, 0.15) is 31.2 Å². The van der Waals surface area contributed by atoms with Gasteiger partial charge in [0.2, 0.25) is 0 Å². The highest BCUT2D eigenvalue weighted by Crippen LogP contribution is 2.38. The molecular formula is C14H17ClF3N. The fourth-order valence-corrected chi connectivity index (χ4v) is 2.85. The standard InChI is InChI=1S/C14H17ClF3N/c1-9-7-11(15)5-6-13(9)19-12-4-2-3-10(8-12)14(16,17)18/h5-7,10,12,19H,2-4,8H2,1H3. The maximum atomic E-state index is 12.7. The highest BCUT2D eigenvalue weighted by atomic mass is 35.5. The van der Waals surface area contributed by atoms with Gasteiger partial charge in [-0.1, -0.05) is 18.0 Å². The first-order chi connectivity index (χ1) is 8.86. The van der Waals surface area contributed by atoms with Crippen LogP contribution < -0.4 is 5.32 Å². The van der Waals surface area contributed by atoms with Gasteiger partial charge in [0.1, 0.15) is 0 Å². The molecule has 2 atom stereocenters. The molecule has 5 heteroatoms. The second-order valence-corrected chi connectivity index (χ2v) is 5.64. The highest BCUT2D eigenvalue weighted by Gasteiger charge is 2.42. The summed E-state index contributed by atoms with van der Waals surface area (Å²) in [4.78, 5) is 0. The summed E-state index contributed by atoms with van der Waals surface area (Å²) in [6.07, 6.45) is -2.26. The summed E-state index contributed by atoms with van der Waals surface area (Å²) in [7, 11) is 0. The van der Waals surface area contributed by atoms with E-state index in [-0.39, 0.29) is 18.9 Å². The zero-order valence-electron chi connectivity index (χ0n) is 10.7. The van der Waals surface area contributed by atoms with Gasteiger partial charge in [-0.3, -0.25) is 0 Å². The van der Waals surface area contributed by atoms with E-state index in [4.69, 9.17) is 11.6 Å². The van der Waals surface area contributed by atoms with E-state index in [9.17, 15) is 13.2 Å². The first kappa shape index (κ1) is 14.5. The van der Waals surface area contributed by atoms with Gasteiger partial charge >= 0.3 is 6.18 Å². The molecule has 106 valence electrons. The topological polar surface area (TPSA) is 12.0 Å². The Morgan fingerprint density at radius 3 is 2.63 bits per heavy atom. The number of nitrogens with one attached hydrogen (secondary N) is 1. The summed E-state index contributed by atoms with van der Waals surface area (Å²) in [5.41, 5.74) is 1.83. The average molecular weight is 292 g/mol. The van der Waals surface area contributed by atoms with E-state index in [1.807, 2.05) is 19.1 Å². The van der Waals surface area contributed by atoms with Crippen molar-refractivity contribution in [1.29, 1.82) is 0 Å². The second kappa shape index (κ2) is 5.61. The van der Waals surface area contributed by atoms with Crippen molar-refractivity contribution in [1.82, 2.24) is 0 Å². The molecule has 1 aromatic carbocycles. The summed E-state index contributed by atoms with van der Waals surface area (Å²) in [6, 6.07) is 5.28. The number of halogens is 4. The van der Waals surface area contributed by atoms with Crippen LogP contribution in [0.4, 0.5) is 18.9 Å². The Labute approximate surface area is 116 Å². The van der Waals surface area contributed by atoms with Crippen LogP contribution in [0.3, 0.4) is 0 Å². The molecule has 0 radical (unpaired) electrons. The molecule has 1 fully saturated rings. The lowest BCUT2D eigenvalue weighted by Crippen LogP contribution is -2.34. The third kappa shape index (κ3) is 3.78. The van der Waals surface area contributed by atoms with Crippen LogP contribution in [0.15, 0.2) is 18.2 Å². The molecule has 0 aromatic heterocycles. The van der Waals surface area contributed by atoms with E-state index < -0.39 is 12.1 Å². The summed E-state index contributed by atoms with van der Waals surface area (Å²) < 4.78 is 38.2. The number of alkyl halides is 3. The zero-order valence-corrected chi connectivity index (χ0v) is 11.5. The maximum absolute atomic E-state index is 12.7. The second-order valence-electron chi connectivity index (χ2n) is 5.21. The molecule has 19 heavy (non-hydrogen) atoms. The molecule has 1 aliphatic carbocycles. The summed E-state index contributed by atoms with van der Waals surface area (Å²) in [5.74, 6) is -1.17. The Morgan fingerprint density at radius 2 is 2.00 bits per heavy atom. The van der Waals surface area contributed by atoms with E-state index in [0.717, 1.165) is 17.7 Å². The zero-order chi connectivity index (χ0) is 14.0. The molecule has 0 amide bonds. The van der Waals surface area contributed by atoms with Crippen LogP contribution in [-0.2, 0) is 0 Å². The molecule has 1 aromatic rings. The normalized spacial score (nSPS) is 24.3. The first-order valence-corrected chi connectivity index (χ1v) is 6.83. The maximum Gasteiger partial charge on any atom is 0.391 e. The molecule has 2 rings (SSSR count). The van der Waals surface area contributed by atoms with Gasteiger partial charge < -0.3 is 5.32 Å². The predicted molar refractivity (Wildman–Crippen MR) is 71.6 cm³/mol. The lowest BCUT2D eigenvalue weighted by atomic mass is 9.85. The minimum atomic E-state index is -4.07. The van der Waals surface area contributed by atoms with Gasteiger partial charge in [0, 0.05) is 16.8 Å². The van der Waals surface area contributed by atoms with Gasteiger partial charge in [0.05, 0.1) is 5.92 Å². The smallest absolute Gasteiger partial charge is 0.382 e.